The Morgan fingerprint density at radius 1 is 1.15 bits per heavy atom. The Hall–Kier alpha value is -2.37. The van der Waals surface area contributed by atoms with E-state index in [1.165, 1.54) is 16.9 Å². The zero-order valence-corrected chi connectivity index (χ0v) is 16.2. The summed E-state index contributed by atoms with van der Waals surface area (Å²) in [6.45, 7) is 4.66. The summed E-state index contributed by atoms with van der Waals surface area (Å²) in [5.41, 5.74) is 4.92. The molecule has 26 heavy (non-hydrogen) atoms. The summed E-state index contributed by atoms with van der Waals surface area (Å²) in [7, 11) is 0. The number of aromatic nitrogens is 1. The van der Waals surface area contributed by atoms with Gasteiger partial charge in [0.2, 0.25) is 0 Å². The maximum Gasteiger partial charge on any atom is 0.270 e. The van der Waals surface area contributed by atoms with E-state index in [2.05, 4.69) is 28.6 Å². The zero-order chi connectivity index (χ0) is 18.5. The third-order valence-corrected chi connectivity index (χ3v) is 4.98. The van der Waals surface area contributed by atoms with Gasteiger partial charge in [-0.05, 0) is 49.6 Å². The number of nitrogens with one attached hydrogen (secondary N) is 2. The van der Waals surface area contributed by atoms with E-state index in [4.69, 9.17) is 11.6 Å². The Labute approximate surface area is 162 Å². The molecular formula is C20H20ClN3OS. The van der Waals surface area contributed by atoms with Crippen molar-refractivity contribution in [3.05, 3.63) is 75.3 Å². The molecule has 3 aromatic rings. The van der Waals surface area contributed by atoms with Crippen molar-refractivity contribution in [2.24, 2.45) is 0 Å². The van der Waals surface area contributed by atoms with E-state index in [1.807, 2.05) is 43.3 Å². The van der Waals surface area contributed by atoms with Crippen molar-refractivity contribution < 1.29 is 4.79 Å². The molecule has 0 fully saturated rings. The van der Waals surface area contributed by atoms with Gasteiger partial charge in [-0.25, -0.2) is 4.98 Å². The van der Waals surface area contributed by atoms with Crippen LogP contribution in [0.3, 0.4) is 0 Å². The van der Waals surface area contributed by atoms with Crippen molar-refractivity contribution in [3.63, 3.8) is 0 Å². The molecule has 1 amide bonds. The smallest absolute Gasteiger partial charge is 0.270 e. The van der Waals surface area contributed by atoms with E-state index < -0.39 is 0 Å². The molecule has 0 aliphatic heterocycles. The SMILES string of the molecule is Cc1ccc(Nc2nc(C(=O)NCCc3ccc(Cl)cc3)cs2)c(C)c1. The fourth-order valence-corrected chi connectivity index (χ4v) is 3.40. The molecule has 0 radical (unpaired) electrons. The molecule has 0 aliphatic carbocycles. The van der Waals surface area contributed by atoms with Gasteiger partial charge in [0.1, 0.15) is 5.69 Å². The monoisotopic (exact) mass is 385 g/mol. The number of rotatable bonds is 6. The summed E-state index contributed by atoms with van der Waals surface area (Å²) in [6.07, 6.45) is 0.751. The number of anilines is 2. The number of hydrogen-bond donors (Lipinski definition) is 2. The van der Waals surface area contributed by atoms with Crippen LogP contribution < -0.4 is 10.6 Å². The van der Waals surface area contributed by atoms with Gasteiger partial charge in [-0.15, -0.1) is 11.3 Å². The van der Waals surface area contributed by atoms with Crippen molar-refractivity contribution in [1.82, 2.24) is 10.3 Å². The Bertz CT molecular complexity index is 906. The first kappa shape index (κ1) is 18.4. The first-order chi connectivity index (χ1) is 12.5. The van der Waals surface area contributed by atoms with Crippen LogP contribution in [0, 0.1) is 13.8 Å². The minimum atomic E-state index is -0.163. The number of hydrogen-bond acceptors (Lipinski definition) is 4. The van der Waals surface area contributed by atoms with Crippen LogP contribution in [-0.2, 0) is 6.42 Å². The molecule has 1 aromatic heterocycles. The van der Waals surface area contributed by atoms with Gasteiger partial charge in [0, 0.05) is 22.6 Å². The standard InChI is InChI=1S/C20H20ClN3OS/c1-13-3-8-17(14(2)11-13)23-20-24-18(12-26-20)19(25)22-10-9-15-4-6-16(21)7-5-15/h3-8,11-12H,9-10H2,1-2H3,(H,22,25)(H,23,24). The highest BCUT2D eigenvalue weighted by Crippen LogP contribution is 2.24. The predicted molar refractivity (Wildman–Crippen MR) is 109 cm³/mol. The Kier molecular flexibility index (Phi) is 5.91. The molecule has 0 unspecified atom stereocenters. The number of nitrogens with zero attached hydrogens (tertiary/aromatic N) is 1. The highest BCUT2D eigenvalue weighted by molar-refractivity contribution is 7.14. The predicted octanol–water partition coefficient (Wildman–Crippen LogP) is 5.13. The van der Waals surface area contributed by atoms with E-state index in [9.17, 15) is 4.79 Å². The summed E-state index contributed by atoms with van der Waals surface area (Å²) in [4.78, 5) is 16.6. The molecule has 6 heteroatoms. The molecule has 0 spiro atoms. The van der Waals surface area contributed by atoms with Gasteiger partial charge in [0.25, 0.3) is 5.91 Å². The third-order valence-electron chi connectivity index (χ3n) is 3.97. The van der Waals surface area contributed by atoms with Crippen molar-refractivity contribution >= 4 is 39.7 Å². The van der Waals surface area contributed by atoms with E-state index in [0.717, 1.165) is 23.2 Å². The van der Waals surface area contributed by atoms with Gasteiger partial charge in [-0.1, -0.05) is 41.4 Å². The molecule has 0 saturated heterocycles. The van der Waals surface area contributed by atoms with E-state index in [1.54, 1.807) is 5.38 Å². The second-order valence-electron chi connectivity index (χ2n) is 6.11. The largest absolute Gasteiger partial charge is 0.350 e. The molecule has 0 saturated carbocycles. The highest BCUT2D eigenvalue weighted by atomic mass is 35.5. The van der Waals surface area contributed by atoms with Crippen molar-refractivity contribution in [3.8, 4) is 0 Å². The number of amides is 1. The molecule has 0 bridgehead atoms. The number of carbonyl (C=O) groups excluding carboxylic acids is 1. The van der Waals surface area contributed by atoms with Gasteiger partial charge in [-0.3, -0.25) is 4.79 Å². The fraction of sp³-hybridized carbons (Fsp3) is 0.200. The van der Waals surface area contributed by atoms with Crippen LogP contribution in [0.4, 0.5) is 10.8 Å². The molecule has 4 nitrogen and oxygen atoms in total. The summed E-state index contributed by atoms with van der Waals surface area (Å²) >= 11 is 7.29. The average Bonchev–Trinajstić information content (AvgIpc) is 3.08. The minimum absolute atomic E-state index is 0.163. The Morgan fingerprint density at radius 3 is 2.65 bits per heavy atom. The third kappa shape index (κ3) is 4.84. The van der Waals surface area contributed by atoms with Crippen LogP contribution in [0.25, 0.3) is 0 Å². The average molecular weight is 386 g/mol. The van der Waals surface area contributed by atoms with Crippen LogP contribution in [0.1, 0.15) is 27.2 Å². The Balaban J connectivity index is 1.55. The minimum Gasteiger partial charge on any atom is -0.350 e. The van der Waals surface area contributed by atoms with E-state index in [-0.39, 0.29) is 5.91 Å². The topological polar surface area (TPSA) is 54.0 Å². The number of carbonyl (C=O) groups is 1. The normalized spacial score (nSPS) is 10.6. The van der Waals surface area contributed by atoms with Crippen LogP contribution in [0.2, 0.25) is 5.02 Å². The molecule has 0 aliphatic rings. The lowest BCUT2D eigenvalue weighted by molar-refractivity contribution is 0.0950. The molecular weight excluding hydrogens is 366 g/mol. The van der Waals surface area contributed by atoms with Crippen LogP contribution >= 0.6 is 22.9 Å². The van der Waals surface area contributed by atoms with Gasteiger partial charge in [0.15, 0.2) is 5.13 Å². The molecule has 0 atom stereocenters. The van der Waals surface area contributed by atoms with E-state index >= 15 is 0 Å². The van der Waals surface area contributed by atoms with Gasteiger partial charge in [0.05, 0.1) is 0 Å². The first-order valence-electron chi connectivity index (χ1n) is 8.34. The molecule has 134 valence electrons. The zero-order valence-electron chi connectivity index (χ0n) is 14.7. The summed E-state index contributed by atoms with van der Waals surface area (Å²) in [5.74, 6) is -0.163. The molecule has 2 aromatic carbocycles. The summed E-state index contributed by atoms with van der Waals surface area (Å²) in [5, 5.41) is 9.37. The second kappa shape index (κ2) is 8.34. The van der Waals surface area contributed by atoms with Crippen LogP contribution in [-0.4, -0.2) is 17.4 Å². The summed E-state index contributed by atoms with van der Waals surface area (Å²) in [6, 6.07) is 13.8. The lowest BCUT2D eigenvalue weighted by Crippen LogP contribution is -2.25. The van der Waals surface area contributed by atoms with Gasteiger partial charge < -0.3 is 10.6 Å². The maximum atomic E-state index is 12.3. The molecule has 1 heterocycles. The lowest BCUT2D eigenvalue weighted by atomic mass is 10.1. The van der Waals surface area contributed by atoms with Gasteiger partial charge >= 0.3 is 0 Å². The van der Waals surface area contributed by atoms with Crippen molar-refractivity contribution in [1.29, 1.82) is 0 Å². The van der Waals surface area contributed by atoms with Crippen molar-refractivity contribution in [2.75, 3.05) is 11.9 Å². The first-order valence-corrected chi connectivity index (χ1v) is 9.59. The fourth-order valence-electron chi connectivity index (χ4n) is 2.57. The van der Waals surface area contributed by atoms with E-state index in [0.29, 0.717) is 22.4 Å². The quantitative estimate of drug-likeness (QED) is 0.618. The Morgan fingerprint density at radius 2 is 1.92 bits per heavy atom. The van der Waals surface area contributed by atoms with Crippen molar-refractivity contribution in [2.45, 2.75) is 20.3 Å². The number of aryl methyl sites for hydroxylation is 2. The number of benzene rings is 2. The lowest BCUT2D eigenvalue weighted by Gasteiger charge is -2.07. The van der Waals surface area contributed by atoms with Crippen LogP contribution in [0.15, 0.2) is 47.8 Å². The van der Waals surface area contributed by atoms with Gasteiger partial charge in [-0.2, -0.15) is 0 Å². The highest BCUT2D eigenvalue weighted by Gasteiger charge is 2.11. The number of halogens is 1. The second-order valence-corrected chi connectivity index (χ2v) is 7.41. The number of thiazole rings is 1. The van der Waals surface area contributed by atoms with Crippen LogP contribution in [0.5, 0.6) is 0 Å². The molecule has 3 rings (SSSR count). The summed E-state index contributed by atoms with van der Waals surface area (Å²) < 4.78 is 0. The maximum absolute atomic E-state index is 12.3. The molecule has 2 N–H and O–H groups in total.